The zero-order chi connectivity index (χ0) is 12.1. The maximum atomic E-state index is 5.13. The molecule has 2 rings (SSSR count). The van der Waals surface area contributed by atoms with Crippen LogP contribution in [0.1, 0.15) is 12.5 Å². The second kappa shape index (κ2) is 5.59. The molecule has 0 atom stereocenters. The second-order valence-corrected chi connectivity index (χ2v) is 4.11. The molecule has 1 heterocycles. The molecule has 88 valence electrons. The molecule has 0 aliphatic rings. The van der Waals surface area contributed by atoms with Gasteiger partial charge in [-0.1, -0.05) is 24.3 Å². The van der Waals surface area contributed by atoms with Gasteiger partial charge in [-0.3, -0.25) is 4.98 Å². The van der Waals surface area contributed by atoms with Gasteiger partial charge in [-0.25, -0.2) is 0 Å². The van der Waals surface area contributed by atoms with E-state index in [1.165, 1.54) is 0 Å². The van der Waals surface area contributed by atoms with Gasteiger partial charge in [0.1, 0.15) is 0 Å². The highest BCUT2D eigenvalue weighted by molar-refractivity contribution is 7.80. The van der Waals surface area contributed by atoms with Crippen LogP contribution in [0.5, 0.6) is 0 Å². The largest absolute Gasteiger partial charge is 0.363 e. The Balaban J connectivity index is 2.16. The summed E-state index contributed by atoms with van der Waals surface area (Å²) < 4.78 is 0. The summed E-state index contributed by atoms with van der Waals surface area (Å²) in [5, 5.41) is 8.07. The zero-order valence-corrected chi connectivity index (χ0v) is 10.6. The van der Waals surface area contributed by atoms with Crippen LogP contribution in [0, 0.1) is 0 Å². The molecular formula is C13H15N3S. The molecular weight excluding hydrogens is 230 g/mol. The van der Waals surface area contributed by atoms with Gasteiger partial charge in [0, 0.05) is 24.7 Å². The Morgan fingerprint density at radius 3 is 2.88 bits per heavy atom. The van der Waals surface area contributed by atoms with Gasteiger partial charge >= 0.3 is 0 Å². The number of hydrogen-bond acceptors (Lipinski definition) is 2. The van der Waals surface area contributed by atoms with Gasteiger partial charge in [0.2, 0.25) is 0 Å². The number of benzene rings is 1. The summed E-state index contributed by atoms with van der Waals surface area (Å²) in [4.78, 5) is 4.40. The Hall–Kier alpha value is -1.68. The zero-order valence-electron chi connectivity index (χ0n) is 9.73. The van der Waals surface area contributed by atoms with E-state index < -0.39 is 0 Å². The van der Waals surface area contributed by atoms with Crippen LogP contribution >= 0.6 is 12.2 Å². The van der Waals surface area contributed by atoms with Crippen molar-refractivity contribution >= 4 is 28.2 Å². The Bertz CT molecular complexity index is 520. The van der Waals surface area contributed by atoms with Gasteiger partial charge in [-0.2, -0.15) is 0 Å². The lowest BCUT2D eigenvalue weighted by atomic mass is 10.1. The van der Waals surface area contributed by atoms with Crippen LogP contribution in [0.25, 0.3) is 10.9 Å². The highest BCUT2D eigenvalue weighted by Gasteiger charge is 2.01. The molecule has 0 unspecified atom stereocenters. The van der Waals surface area contributed by atoms with Gasteiger partial charge in [-0.15, -0.1) is 0 Å². The summed E-state index contributed by atoms with van der Waals surface area (Å²) >= 11 is 5.13. The smallest absolute Gasteiger partial charge is 0.166 e. The van der Waals surface area contributed by atoms with Gasteiger partial charge in [0.05, 0.1) is 5.52 Å². The fourth-order valence-corrected chi connectivity index (χ4v) is 1.93. The highest BCUT2D eigenvalue weighted by Crippen LogP contribution is 2.15. The first-order valence-electron chi connectivity index (χ1n) is 5.65. The minimum atomic E-state index is 0.681. The van der Waals surface area contributed by atoms with Crippen molar-refractivity contribution < 1.29 is 0 Å². The topological polar surface area (TPSA) is 37.0 Å². The fourth-order valence-electron chi connectivity index (χ4n) is 1.71. The first kappa shape index (κ1) is 11.8. The number of thiocarbonyl (C=S) groups is 1. The SMILES string of the molecule is CCNC(=S)NCc1cccc2cccnc12. The molecule has 4 heteroatoms. The Kier molecular flexibility index (Phi) is 3.88. The number of fused-ring (bicyclic) bond motifs is 1. The first-order chi connectivity index (χ1) is 8.31. The number of pyridine rings is 1. The van der Waals surface area contributed by atoms with Crippen LogP contribution in [0.15, 0.2) is 36.5 Å². The third-order valence-electron chi connectivity index (χ3n) is 2.49. The quantitative estimate of drug-likeness (QED) is 0.813. The standard InChI is InChI=1S/C13H15N3S/c1-2-14-13(17)16-9-11-6-3-5-10-7-4-8-15-12(10)11/h3-8H,2,9H2,1H3,(H2,14,16,17). The predicted molar refractivity (Wildman–Crippen MR) is 74.9 cm³/mol. The van der Waals surface area contributed by atoms with E-state index in [1.54, 1.807) is 0 Å². The van der Waals surface area contributed by atoms with Crippen molar-refractivity contribution in [2.75, 3.05) is 6.54 Å². The summed E-state index contributed by atoms with van der Waals surface area (Å²) in [7, 11) is 0. The van der Waals surface area contributed by atoms with Crippen molar-refractivity contribution in [3.63, 3.8) is 0 Å². The van der Waals surface area contributed by atoms with E-state index in [2.05, 4.69) is 33.8 Å². The second-order valence-electron chi connectivity index (χ2n) is 3.71. The summed E-state index contributed by atoms with van der Waals surface area (Å²) in [6, 6.07) is 10.2. The number of aromatic nitrogens is 1. The van der Waals surface area contributed by atoms with Gasteiger partial charge < -0.3 is 10.6 Å². The molecule has 1 aromatic carbocycles. The van der Waals surface area contributed by atoms with E-state index in [0.29, 0.717) is 11.7 Å². The highest BCUT2D eigenvalue weighted by atomic mass is 32.1. The molecule has 0 amide bonds. The maximum Gasteiger partial charge on any atom is 0.166 e. The molecule has 0 saturated carbocycles. The fraction of sp³-hybridized carbons (Fsp3) is 0.231. The minimum absolute atomic E-state index is 0.681. The van der Waals surface area contributed by atoms with Gasteiger partial charge in [0.25, 0.3) is 0 Å². The lowest BCUT2D eigenvalue weighted by molar-refractivity contribution is 0.857. The van der Waals surface area contributed by atoms with Crippen LogP contribution in [0.4, 0.5) is 0 Å². The molecule has 0 aliphatic carbocycles. The normalized spacial score (nSPS) is 10.2. The Labute approximate surface area is 106 Å². The van der Waals surface area contributed by atoms with E-state index in [4.69, 9.17) is 12.2 Å². The van der Waals surface area contributed by atoms with Crippen LogP contribution in [0.3, 0.4) is 0 Å². The number of para-hydroxylation sites is 1. The average molecular weight is 245 g/mol. The maximum absolute atomic E-state index is 5.13. The van der Waals surface area contributed by atoms with E-state index in [0.717, 1.165) is 23.0 Å². The van der Waals surface area contributed by atoms with Gasteiger partial charge in [0.15, 0.2) is 5.11 Å². The van der Waals surface area contributed by atoms with Crippen molar-refractivity contribution in [3.05, 3.63) is 42.1 Å². The van der Waals surface area contributed by atoms with Gasteiger partial charge in [-0.05, 0) is 30.8 Å². The van der Waals surface area contributed by atoms with Crippen LogP contribution in [-0.2, 0) is 6.54 Å². The van der Waals surface area contributed by atoms with Crippen molar-refractivity contribution in [1.82, 2.24) is 15.6 Å². The van der Waals surface area contributed by atoms with E-state index >= 15 is 0 Å². The average Bonchev–Trinajstić information content (AvgIpc) is 2.36. The Morgan fingerprint density at radius 1 is 1.24 bits per heavy atom. The molecule has 2 aromatic rings. The van der Waals surface area contributed by atoms with Crippen molar-refractivity contribution in [2.24, 2.45) is 0 Å². The number of nitrogens with zero attached hydrogens (tertiary/aromatic N) is 1. The monoisotopic (exact) mass is 245 g/mol. The molecule has 2 N–H and O–H groups in total. The molecule has 0 fully saturated rings. The molecule has 0 aliphatic heterocycles. The number of hydrogen-bond donors (Lipinski definition) is 2. The lowest BCUT2D eigenvalue weighted by Gasteiger charge is -2.10. The molecule has 0 bridgehead atoms. The summed E-state index contributed by atoms with van der Waals surface area (Å²) in [5.74, 6) is 0. The van der Waals surface area contributed by atoms with E-state index in [9.17, 15) is 0 Å². The summed E-state index contributed by atoms with van der Waals surface area (Å²) in [6.07, 6.45) is 1.81. The van der Waals surface area contributed by atoms with Crippen molar-refractivity contribution in [2.45, 2.75) is 13.5 Å². The lowest BCUT2D eigenvalue weighted by Crippen LogP contribution is -2.34. The third kappa shape index (κ3) is 2.91. The van der Waals surface area contributed by atoms with Crippen molar-refractivity contribution in [3.8, 4) is 0 Å². The number of rotatable bonds is 3. The first-order valence-corrected chi connectivity index (χ1v) is 6.06. The third-order valence-corrected chi connectivity index (χ3v) is 2.78. The van der Waals surface area contributed by atoms with E-state index in [1.807, 2.05) is 25.3 Å². The predicted octanol–water partition coefficient (Wildman–Crippen LogP) is 2.22. The summed E-state index contributed by atoms with van der Waals surface area (Å²) in [5.41, 5.74) is 2.19. The molecule has 0 spiro atoms. The molecule has 0 radical (unpaired) electrons. The minimum Gasteiger partial charge on any atom is -0.363 e. The van der Waals surface area contributed by atoms with Crippen molar-refractivity contribution in [1.29, 1.82) is 0 Å². The van der Waals surface area contributed by atoms with Crippen LogP contribution in [0.2, 0.25) is 0 Å². The van der Waals surface area contributed by atoms with E-state index in [-0.39, 0.29) is 0 Å². The molecule has 1 aromatic heterocycles. The molecule has 0 saturated heterocycles. The molecule has 3 nitrogen and oxygen atoms in total. The van der Waals surface area contributed by atoms with Crippen LogP contribution in [-0.4, -0.2) is 16.6 Å². The van der Waals surface area contributed by atoms with Crippen LogP contribution < -0.4 is 10.6 Å². The summed E-state index contributed by atoms with van der Waals surface area (Å²) in [6.45, 7) is 3.55. The Morgan fingerprint density at radius 2 is 2.06 bits per heavy atom. The molecule has 17 heavy (non-hydrogen) atoms. The number of nitrogens with one attached hydrogen (secondary N) is 2.